The van der Waals surface area contributed by atoms with Gasteiger partial charge in [0.15, 0.2) is 0 Å². The molecule has 0 radical (unpaired) electrons. The van der Waals surface area contributed by atoms with Crippen LogP contribution in [0.1, 0.15) is 18.1 Å². The Labute approximate surface area is 209 Å². The molecule has 1 atom stereocenters. The summed E-state index contributed by atoms with van der Waals surface area (Å²) < 4.78 is 54.0. The van der Waals surface area contributed by atoms with Crippen molar-refractivity contribution in [1.82, 2.24) is 20.0 Å². The van der Waals surface area contributed by atoms with Gasteiger partial charge in [-0.25, -0.2) is 0 Å². The minimum atomic E-state index is -4.74. The van der Waals surface area contributed by atoms with Crippen molar-refractivity contribution >= 4 is 5.69 Å². The Bertz CT molecular complexity index is 1520. The molecule has 1 N–H and O–H groups in total. The minimum absolute atomic E-state index is 0.111. The number of fused-ring (bicyclic) bond motifs is 1. The molecule has 0 aliphatic carbocycles. The van der Waals surface area contributed by atoms with E-state index in [9.17, 15) is 18.0 Å². The van der Waals surface area contributed by atoms with Gasteiger partial charge in [0.2, 0.25) is 0 Å². The van der Waals surface area contributed by atoms with Crippen LogP contribution in [-0.4, -0.2) is 40.2 Å². The van der Waals surface area contributed by atoms with Crippen molar-refractivity contribution in [1.29, 1.82) is 0 Å². The molecule has 8 nitrogen and oxygen atoms in total. The van der Waals surface area contributed by atoms with Gasteiger partial charge >= 0.3 is 6.18 Å². The maximum Gasteiger partial charge on any atom is 0.418 e. The molecule has 190 valence electrons. The number of hydrogen-bond donors (Lipinski definition) is 1. The van der Waals surface area contributed by atoms with E-state index in [1.54, 1.807) is 30.3 Å². The molecule has 1 aliphatic rings. The third-order valence-electron chi connectivity index (χ3n) is 6.12. The quantitative estimate of drug-likeness (QED) is 0.415. The number of rotatable bonds is 5. The maximum absolute atomic E-state index is 14.1. The number of aromatic nitrogens is 4. The van der Waals surface area contributed by atoms with Gasteiger partial charge in [-0.2, -0.15) is 33.1 Å². The van der Waals surface area contributed by atoms with Gasteiger partial charge in [0.1, 0.15) is 17.2 Å². The Balaban J connectivity index is 1.81. The minimum Gasteiger partial charge on any atom is -0.497 e. The maximum atomic E-state index is 14.1. The first-order valence-electron chi connectivity index (χ1n) is 11.4. The molecule has 1 unspecified atom stereocenters. The van der Waals surface area contributed by atoms with E-state index in [4.69, 9.17) is 9.47 Å². The van der Waals surface area contributed by atoms with E-state index in [1.165, 1.54) is 32.5 Å². The summed E-state index contributed by atoms with van der Waals surface area (Å²) >= 11 is 0. The number of anilines is 1. The number of nitrogens with one attached hydrogen (secondary N) is 1. The lowest BCUT2D eigenvalue weighted by Gasteiger charge is -2.18. The van der Waals surface area contributed by atoms with Gasteiger partial charge < -0.3 is 14.8 Å². The predicted octanol–water partition coefficient (Wildman–Crippen LogP) is 4.75. The van der Waals surface area contributed by atoms with E-state index in [0.717, 1.165) is 10.7 Å². The van der Waals surface area contributed by atoms with E-state index < -0.39 is 23.0 Å². The summed E-state index contributed by atoms with van der Waals surface area (Å²) in [5, 5.41) is 15.4. The Kier molecular flexibility index (Phi) is 6.06. The van der Waals surface area contributed by atoms with E-state index >= 15 is 0 Å². The number of benzene rings is 2. The van der Waals surface area contributed by atoms with Crippen LogP contribution in [0, 0.1) is 0 Å². The number of hydrogen-bond acceptors (Lipinski definition) is 7. The van der Waals surface area contributed by atoms with Crippen molar-refractivity contribution in [2.24, 2.45) is 0 Å². The largest absolute Gasteiger partial charge is 0.497 e. The third-order valence-corrected chi connectivity index (χ3v) is 6.12. The zero-order valence-electron chi connectivity index (χ0n) is 20.1. The monoisotopic (exact) mass is 509 g/mol. The summed E-state index contributed by atoms with van der Waals surface area (Å²) in [5.74, 6) is 0.949. The summed E-state index contributed by atoms with van der Waals surface area (Å²) in [6.07, 6.45) is -2.81. The van der Waals surface area contributed by atoms with E-state index in [1.807, 2.05) is 6.92 Å². The van der Waals surface area contributed by atoms with Gasteiger partial charge in [-0.1, -0.05) is 6.07 Å². The van der Waals surface area contributed by atoms with Crippen molar-refractivity contribution in [3.05, 3.63) is 76.2 Å². The molecule has 2 aromatic heterocycles. The summed E-state index contributed by atoms with van der Waals surface area (Å²) in [5.41, 5.74) is 0.320. The molecule has 2 aromatic carbocycles. The second-order valence-electron chi connectivity index (χ2n) is 8.61. The predicted molar refractivity (Wildman–Crippen MR) is 131 cm³/mol. The van der Waals surface area contributed by atoms with Gasteiger partial charge in [-0.05, 0) is 49.7 Å². The third kappa shape index (κ3) is 4.48. The fourth-order valence-corrected chi connectivity index (χ4v) is 4.41. The molecular weight excluding hydrogens is 487 g/mol. The van der Waals surface area contributed by atoms with Crippen LogP contribution in [0.4, 0.5) is 18.9 Å². The standard InChI is InChI=1S/C26H22F3N5O3/c1-14-9-19-23(16-10-17(36-2)13-18(11-16)37-3)33-34(25(35)24(19)31-14)22-12-15(21-5-4-8-30-32-21)6-7-20(22)26(27,28)29/h4-8,10-14,31H,9H2,1-3H3. The van der Waals surface area contributed by atoms with Gasteiger partial charge in [0, 0.05) is 35.0 Å². The summed E-state index contributed by atoms with van der Waals surface area (Å²) in [7, 11) is 2.99. The van der Waals surface area contributed by atoms with Crippen LogP contribution in [0.5, 0.6) is 11.5 Å². The van der Waals surface area contributed by atoms with Gasteiger partial charge in [0.05, 0.1) is 36.9 Å². The molecule has 0 saturated heterocycles. The van der Waals surface area contributed by atoms with Crippen molar-refractivity contribution in [3.63, 3.8) is 0 Å². The fourth-order valence-electron chi connectivity index (χ4n) is 4.41. The number of alkyl halides is 3. The molecule has 0 spiro atoms. The molecule has 0 bridgehead atoms. The summed E-state index contributed by atoms with van der Waals surface area (Å²) in [6.45, 7) is 1.88. The van der Waals surface area contributed by atoms with Crippen molar-refractivity contribution in [3.8, 4) is 39.7 Å². The molecule has 0 amide bonds. The number of nitrogens with zero attached hydrogens (tertiary/aromatic N) is 4. The van der Waals surface area contributed by atoms with E-state index in [-0.39, 0.29) is 11.7 Å². The van der Waals surface area contributed by atoms with Crippen molar-refractivity contribution in [2.75, 3.05) is 19.5 Å². The number of halogens is 3. The molecule has 11 heteroatoms. The lowest BCUT2D eigenvalue weighted by molar-refractivity contribution is -0.137. The number of methoxy groups -OCH3 is 2. The fraction of sp³-hybridized carbons (Fsp3) is 0.231. The van der Waals surface area contributed by atoms with Gasteiger partial charge in [-0.15, -0.1) is 0 Å². The molecular formula is C26H22F3N5O3. The topological polar surface area (TPSA) is 91.2 Å². The lowest BCUT2D eigenvalue weighted by Crippen LogP contribution is -2.27. The molecule has 37 heavy (non-hydrogen) atoms. The molecule has 1 aliphatic heterocycles. The highest BCUT2D eigenvalue weighted by molar-refractivity contribution is 5.75. The zero-order chi connectivity index (χ0) is 26.3. The molecule has 3 heterocycles. The highest BCUT2D eigenvalue weighted by atomic mass is 19.4. The van der Waals surface area contributed by atoms with Gasteiger partial charge in [-0.3, -0.25) is 4.79 Å². The average molecular weight is 509 g/mol. The first kappa shape index (κ1) is 24.3. The van der Waals surface area contributed by atoms with E-state index in [0.29, 0.717) is 46.0 Å². The zero-order valence-corrected chi connectivity index (χ0v) is 20.1. The van der Waals surface area contributed by atoms with Crippen LogP contribution >= 0.6 is 0 Å². The normalized spacial score (nSPS) is 14.7. The Morgan fingerprint density at radius 2 is 1.76 bits per heavy atom. The Morgan fingerprint density at radius 3 is 2.38 bits per heavy atom. The van der Waals surface area contributed by atoms with Crippen LogP contribution in [-0.2, 0) is 12.6 Å². The van der Waals surface area contributed by atoms with Crippen LogP contribution in [0.3, 0.4) is 0 Å². The average Bonchev–Trinajstić information content (AvgIpc) is 3.30. The smallest absolute Gasteiger partial charge is 0.418 e. The van der Waals surface area contributed by atoms with E-state index in [2.05, 4.69) is 20.6 Å². The van der Waals surface area contributed by atoms with Crippen LogP contribution in [0.15, 0.2) is 59.5 Å². The molecule has 5 rings (SSSR count). The van der Waals surface area contributed by atoms with Crippen LogP contribution in [0.2, 0.25) is 0 Å². The number of ether oxygens (including phenoxy) is 2. The van der Waals surface area contributed by atoms with Crippen LogP contribution in [0.25, 0.3) is 28.2 Å². The Morgan fingerprint density at radius 1 is 1.03 bits per heavy atom. The SMILES string of the molecule is COc1cc(OC)cc(-c2nn(-c3cc(-c4cccnn4)ccc3C(F)(F)F)c(=O)c3c2CC(C)N3)c1. The van der Waals surface area contributed by atoms with Crippen molar-refractivity contribution < 1.29 is 22.6 Å². The molecule has 4 aromatic rings. The second-order valence-corrected chi connectivity index (χ2v) is 8.61. The highest BCUT2D eigenvalue weighted by Gasteiger charge is 2.36. The first-order chi connectivity index (χ1) is 17.7. The van der Waals surface area contributed by atoms with Gasteiger partial charge in [0.25, 0.3) is 5.56 Å². The molecule has 0 fully saturated rings. The Hall–Kier alpha value is -4.41. The van der Waals surface area contributed by atoms with Crippen molar-refractivity contribution in [2.45, 2.75) is 25.6 Å². The lowest BCUT2D eigenvalue weighted by atomic mass is 10.0. The summed E-state index contributed by atoms with van der Waals surface area (Å²) in [6, 6.07) is 11.7. The van der Waals surface area contributed by atoms with Crippen LogP contribution < -0.4 is 20.3 Å². The highest BCUT2D eigenvalue weighted by Crippen LogP contribution is 2.38. The molecule has 0 saturated carbocycles. The first-order valence-corrected chi connectivity index (χ1v) is 11.4. The summed E-state index contributed by atoms with van der Waals surface area (Å²) in [4.78, 5) is 13.6. The second kappa shape index (κ2) is 9.23.